The van der Waals surface area contributed by atoms with Crippen molar-refractivity contribution in [2.45, 2.75) is 31.7 Å². The molecule has 0 fully saturated rings. The summed E-state index contributed by atoms with van der Waals surface area (Å²) in [5, 5.41) is 2.99. The number of amides is 1. The minimum Gasteiger partial charge on any atom is -0.355 e. The summed E-state index contributed by atoms with van der Waals surface area (Å²) in [7, 11) is 0. The predicted molar refractivity (Wildman–Crippen MR) is 69.6 cm³/mol. The van der Waals surface area contributed by atoms with Crippen molar-refractivity contribution in [1.29, 1.82) is 0 Å². The molecule has 2 rings (SSSR count). The summed E-state index contributed by atoms with van der Waals surface area (Å²) in [6, 6.07) is 10.6. The molecule has 2 heteroatoms. The highest BCUT2D eigenvalue weighted by Crippen LogP contribution is 2.23. The van der Waals surface area contributed by atoms with E-state index >= 15 is 0 Å². The van der Waals surface area contributed by atoms with Crippen LogP contribution in [-0.4, -0.2) is 12.5 Å². The zero-order valence-electron chi connectivity index (χ0n) is 10.0. The highest BCUT2D eigenvalue weighted by Gasteiger charge is 2.21. The minimum absolute atomic E-state index is 0.264. The van der Waals surface area contributed by atoms with Crippen LogP contribution >= 0.6 is 0 Å². The van der Waals surface area contributed by atoms with Gasteiger partial charge in [0, 0.05) is 6.04 Å². The molecule has 0 heterocycles. The van der Waals surface area contributed by atoms with E-state index in [0.717, 1.165) is 25.7 Å². The lowest BCUT2D eigenvalue weighted by Gasteiger charge is -2.27. The quantitative estimate of drug-likeness (QED) is 0.610. The average Bonchev–Trinajstić information content (AvgIpc) is 2.40. The molecule has 1 aliphatic carbocycles. The van der Waals surface area contributed by atoms with Gasteiger partial charge in [-0.1, -0.05) is 42.5 Å². The molecule has 1 N–H and O–H groups in total. The fourth-order valence-corrected chi connectivity index (χ4v) is 2.50. The van der Waals surface area contributed by atoms with Gasteiger partial charge in [0.15, 0.2) is 0 Å². The van der Waals surface area contributed by atoms with E-state index in [9.17, 15) is 4.79 Å². The van der Waals surface area contributed by atoms with Crippen LogP contribution in [0.15, 0.2) is 42.5 Å². The molecule has 0 aliphatic heterocycles. The molecule has 0 spiro atoms. The molecule has 0 saturated heterocycles. The summed E-state index contributed by atoms with van der Waals surface area (Å²) in [6.45, 7) is 0. The van der Waals surface area contributed by atoms with Crippen LogP contribution < -0.4 is 5.32 Å². The van der Waals surface area contributed by atoms with Gasteiger partial charge in [-0.2, -0.15) is 0 Å². The van der Waals surface area contributed by atoms with Crippen LogP contribution in [0.3, 0.4) is 0 Å². The topological polar surface area (TPSA) is 29.1 Å². The Bertz CT molecular complexity index is 372. The summed E-state index contributed by atoms with van der Waals surface area (Å²) in [5.74, 6) is 0.574. The first-order valence-electron chi connectivity index (χ1n) is 6.29. The van der Waals surface area contributed by atoms with Crippen molar-refractivity contribution in [3.05, 3.63) is 48.0 Å². The van der Waals surface area contributed by atoms with Crippen LogP contribution in [0.25, 0.3) is 0 Å². The molecule has 0 radical (unpaired) electrons. The summed E-state index contributed by atoms with van der Waals surface area (Å²) in [6.07, 6.45) is 9.63. The Morgan fingerprint density at radius 3 is 2.76 bits per heavy atom. The summed E-state index contributed by atoms with van der Waals surface area (Å²) in [4.78, 5) is 10.7. The maximum Gasteiger partial charge on any atom is 0.207 e. The second-order valence-corrected chi connectivity index (χ2v) is 4.63. The third-order valence-corrected chi connectivity index (χ3v) is 3.46. The Balaban J connectivity index is 2.01. The highest BCUT2D eigenvalue weighted by atomic mass is 16.1. The van der Waals surface area contributed by atoms with Crippen LogP contribution in [0, 0.1) is 5.92 Å². The Morgan fingerprint density at radius 1 is 1.29 bits per heavy atom. The molecule has 2 unspecified atom stereocenters. The Labute approximate surface area is 103 Å². The normalized spacial score (nSPS) is 20.8. The maximum atomic E-state index is 10.7. The average molecular weight is 229 g/mol. The van der Waals surface area contributed by atoms with Crippen molar-refractivity contribution in [3.63, 3.8) is 0 Å². The van der Waals surface area contributed by atoms with Gasteiger partial charge in [-0.15, -0.1) is 0 Å². The van der Waals surface area contributed by atoms with E-state index in [0.29, 0.717) is 5.92 Å². The molecule has 17 heavy (non-hydrogen) atoms. The van der Waals surface area contributed by atoms with Crippen LogP contribution in [0.4, 0.5) is 0 Å². The highest BCUT2D eigenvalue weighted by molar-refractivity contribution is 5.47. The van der Waals surface area contributed by atoms with Gasteiger partial charge in [-0.3, -0.25) is 4.79 Å². The van der Waals surface area contributed by atoms with Crippen LogP contribution in [0.5, 0.6) is 0 Å². The fourth-order valence-electron chi connectivity index (χ4n) is 2.50. The number of rotatable bonds is 5. The zero-order chi connectivity index (χ0) is 11.9. The first-order chi connectivity index (χ1) is 8.40. The number of hydrogen-bond acceptors (Lipinski definition) is 1. The van der Waals surface area contributed by atoms with Crippen molar-refractivity contribution >= 4 is 6.41 Å². The number of nitrogens with one attached hydrogen (secondary N) is 1. The van der Waals surface area contributed by atoms with Crippen molar-refractivity contribution in [1.82, 2.24) is 5.32 Å². The van der Waals surface area contributed by atoms with Gasteiger partial charge in [0.25, 0.3) is 0 Å². The number of hydrogen-bond donors (Lipinski definition) is 1. The minimum atomic E-state index is 0.264. The third kappa shape index (κ3) is 3.45. The van der Waals surface area contributed by atoms with Crippen LogP contribution in [0.1, 0.15) is 24.8 Å². The van der Waals surface area contributed by atoms with E-state index in [1.807, 2.05) is 18.2 Å². The number of carbonyl (C=O) groups excluding carboxylic acids is 1. The van der Waals surface area contributed by atoms with E-state index in [2.05, 4.69) is 29.6 Å². The van der Waals surface area contributed by atoms with Crippen molar-refractivity contribution < 1.29 is 4.79 Å². The lowest BCUT2D eigenvalue weighted by Crippen LogP contribution is -2.37. The molecular weight excluding hydrogens is 210 g/mol. The lowest BCUT2D eigenvalue weighted by molar-refractivity contribution is -0.110. The standard InChI is InChI=1S/C15H19NO/c17-12-16-15(14-9-5-2-6-10-14)11-13-7-3-1-4-8-13/h1-5,7-8,12,14-15H,6,9-11H2,(H,16,17). The molecule has 1 aromatic rings. The summed E-state index contributed by atoms with van der Waals surface area (Å²) >= 11 is 0. The van der Waals surface area contributed by atoms with Crippen LogP contribution in [0.2, 0.25) is 0 Å². The molecule has 1 amide bonds. The molecule has 1 aromatic carbocycles. The monoisotopic (exact) mass is 229 g/mol. The van der Waals surface area contributed by atoms with Gasteiger partial charge in [0.2, 0.25) is 6.41 Å². The SMILES string of the molecule is O=CNC(Cc1ccccc1)C1CC=CCC1. The van der Waals surface area contributed by atoms with Crippen LogP contribution in [-0.2, 0) is 11.2 Å². The van der Waals surface area contributed by atoms with E-state index in [1.54, 1.807) is 0 Å². The first kappa shape index (κ1) is 11.9. The zero-order valence-corrected chi connectivity index (χ0v) is 10.0. The van der Waals surface area contributed by atoms with E-state index < -0.39 is 0 Å². The molecule has 1 aliphatic rings. The molecule has 2 nitrogen and oxygen atoms in total. The molecule has 0 saturated carbocycles. The largest absolute Gasteiger partial charge is 0.355 e. The number of allylic oxidation sites excluding steroid dienone is 2. The number of carbonyl (C=O) groups is 1. The van der Waals surface area contributed by atoms with E-state index in [-0.39, 0.29) is 6.04 Å². The van der Waals surface area contributed by atoms with Gasteiger partial charge in [0.05, 0.1) is 0 Å². The molecule has 0 bridgehead atoms. The molecule has 2 atom stereocenters. The van der Waals surface area contributed by atoms with Gasteiger partial charge in [-0.05, 0) is 37.2 Å². The van der Waals surface area contributed by atoms with Gasteiger partial charge in [0.1, 0.15) is 0 Å². The maximum absolute atomic E-state index is 10.7. The van der Waals surface area contributed by atoms with Gasteiger partial charge < -0.3 is 5.32 Å². The van der Waals surface area contributed by atoms with Gasteiger partial charge in [-0.25, -0.2) is 0 Å². The Hall–Kier alpha value is -1.57. The fraction of sp³-hybridized carbons (Fsp3) is 0.400. The van der Waals surface area contributed by atoms with Crippen molar-refractivity contribution in [2.24, 2.45) is 5.92 Å². The Morgan fingerprint density at radius 2 is 2.12 bits per heavy atom. The van der Waals surface area contributed by atoms with E-state index in [4.69, 9.17) is 0 Å². The second kappa shape index (κ2) is 6.24. The second-order valence-electron chi connectivity index (χ2n) is 4.63. The Kier molecular flexibility index (Phi) is 4.37. The van der Waals surface area contributed by atoms with Crippen molar-refractivity contribution in [3.8, 4) is 0 Å². The molecule has 0 aromatic heterocycles. The van der Waals surface area contributed by atoms with Gasteiger partial charge >= 0.3 is 0 Å². The molecular formula is C15H19NO. The summed E-state index contributed by atoms with van der Waals surface area (Å²) < 4.78 is 0. The van der Waals surface area contributed by atoms with Crippen molar-refractivity contribution in [2.75, 3.05) is 0 Å². The third-order valence-electron chi connectivity index (χ3n) is 3.46. The lowest BCUT2D eigenvalue weighted by atomic mass is 9.85. The van der Waals surface area contributed by atoms with E-state index in [1.165, 1.54) is 12.0 Å². The predicted octanol–water partition coefficient (Wildman–Crippen LogP) is 2.70. The first-order valence-corrected chi connectivity index (χ1v) is 6.29. The smallest absolute Gasteiger partial charge is 0.207 e. The summed E-state index contributed by atoms with van der Waals surface area (Å²) in [5.41, 5.74) is 1.29. The molecule has 90 valence electrons. The number of benzene rings is 1.